The standard InChI is InChI=1S/C19H31NO3/c1-14-10-11-20(17-9-5-4-8-16(14)17)18(21)13-23-19(22)12-15-6-2-3-7-15/h14-17H,2-13H2,1H3/t14-,16+,17+/m1/s1. The molecule has 4 nitrogen and oxygen atoms in total. The Bertz CT molecular complexity index is 430. The second kappa shape index (κ2) is 7.67. The number of fused-ring (bicyclic) bond motifs is 1. The summed E-state index contributed by atoms with van der Waals surface area (Å²) in [4.78, 5) is 26.5. The first-order chi connectivity index (χ1) is 11.1. The van der Waals surface area contributed by atoms with E-state index in [9.17, 15) is 9.59 Å². The number of rotatable bonds is 4. The van der Waals surface area contributed by atoms with Gasteiger partial charge in [-0.3, -0.25) is 9.59 Å². The second-order valence-electron chi connectivity index (χ2n) is 7.88. The van der Waals surface area contributed by atoms with Crippen molar-refractivity contribution in [3.8, 4) is 0 Å². The summed E-state index contributed by atoms with van der Waals surface area (Å²) < 4.78 is 5.30. The minimum atomic E-state index is -0.184. The first-order valence-electron chi connectivity index (χ1n) is 9.60. The molecule has 1 aliphatic heterocycles. The number of nitrogens with zero attached hydrogens (tertiary/aromatic N) is 1. The molecule has 130 valence electrons. The van der Waals surface area contributed by atoms with Gasteiger partial charge in [-0.2, -0.15) is 0 Å². The van der Waals surface area contributed by atoms with Crippen LogP contribution in [-0.2, 0) is 14.3 Å². The molecule has 23 heavy (non-hydrogen) atoms. The Kier molecular flexibility index (Phi) is 5.60. The van der Waals surface area contributed by atoms with E-state index in [4.69, 9.17) is 4.74 Å². The van der Waals surface area contributed by atoms with Crippen LogP contribution in [0.4, 0.5) is 0 Å². The van der Waals surface area contributed by atoms with Gasteiger partial charge < -0.3 is 9.64 Å². The van der Waals surface area contributed by atoms with Crippen molar-refractivity contribution >= 4 is 11.9 Å². The molecular weight excluding hydrogens is 290 g/mol. The lowest BCUT2D eigenvalue weighted by atomic mass is 9.72. The van der Waals surface area contributed by atoms with Crippen molar-refractivity contribution in [2.24, 2.45) is 17.8 Å². The maximum absolute atomic E-state index is 12.6. The number of amides is 1. The quantitative estimate of drug-likeness (QED) is 0.744. The molecule has 0 N–H and O–H groups in total. The fourth-order valence-electron chi connectivity index (χ4n) is 4.96. The lowest BCUT2D eigenvalue weighted by molar-refractivity contribution is -0.156. The van der Waals surface area contributed by atoms with Gasteiger partial charge in [0.2, 0.25) is 0 Å². The molecule has 0 aromatic rings. The highest BCUT2D eigenvalue weighted by Gasteiger charge is 2.39. The van der Waals surface area contributed by atoms with Crippen LogP contribution in [0.1, 0.15) is 71.1 Å². The minimum Gasteiger partial charge on any atom is -0.456 e. The highest BCUT2D eigenvalue weighted by Crippen LogP contribution is 2.38. The number of likely N-dealkylation sites (tertiary alicyclic amines) is 1. The molecule has 0 aromatic heterocycles. The van der Waals surface area contributed by atoms with E-state index in [1.54, 1.807) is 0 Å². The zero-order valence-corrected chi connectivity index (χ0v) is 14.5. The Balaban J connectivity index is 1.48. The normalized spacial score (nSPS) is 31.7. The van der Waals surface area contributed by atoms with Crippen LogP contribution in [0.15, 0.2) is 0 Å². The lowest BCUT2D eigenvalue weighted by Gasteiger charge is -2.47. The van der Waals surface area contributed by atoms with Gasteiger partial charge in [0.05, 0.1) is 0 Å². The Hall–Kier alpha value is -1.06. The van der Waals surface area contributed by atoms with Crippen molar-refractivity contribution in [3.63, 3.8) is 0 Å². The Labute approximate surface area is 139 Å². The van der Waals surface area contributed by atoms with E-state index in [-0.39, 0.29) is 18.5 Å². The molecular formula is C19H31NO3. The van der Waals surface area contributed by atoms with Gasteiger partial charge in [0.25, 0.3) is 5.91 Å². The number of esters is 1. The summed E-state index contributed by atoms with van der Waals surface area (Å²) >= 11 is 0. The molecule has 3 fully saturated rings. The van der Waals surface area contributed by atoms with Crippen molar-refractivity contribution in [1.82, 2.24) is 4.90 Å². The van der Waals surface area contributed by atoms with Crippen molar-refractivity contribution in [1.29, 1.82) is 0 Å². The van der Waals surface area contributed by atoms with Gasteiger partial charge in [-0.05, 0) is 49.9 Å². The summed E-state index contributed by atoms with van der Waals surface area (Å²) in [5.41, 5.74) is 0. The number of hydrogen-bond donors (Lipinski definition) is 0. The van der Waals surface area contributed by atoms with Crippen molar-refractivity contribution in [2.75, 3.05) is 13.2 Å². The van der Waals surface area contributed by atoms with Crippen LogP contribution in [0.25, 0.3) is 0 Å². The molecule has 0 spiro atoms. The van der Waals surface area contributed by atoms with E-state index in [2.05, 4.69) is 6.92 Å². The molecule has 1 heterocycles. The summed E-state index contributed by atoms with van der Waals surface area (Å²) in [5, 5.41) is 0. The van der Waals surface area contributed by atoms with Crippen LogP contribution in [-0.4, -0.2) is 36.0 Å². The Morgan fingerprint density at radius 2 is 1.70 bits per heavy atom. The fourth-order valence-corrected chi connectivity index (χ4v) is 4.96. The summed E-state index contributed by atoms with van der Waals surface area (Å²) in [6, 6.07) is 0.383. The third kappa shape index (κ3) is 4.07. The number of ether oxygens (including phenoxy) is 1. The summed E-state index contributed by atoms with van der Waals surface area (Å²) in [5.74, 6) is 1.69. The summed E-state index contributed by atoms with van der Waals surface area (Å²) in [6.07, 6.45) is 11.2. The largest absolute Gasteiger partial charge is 0.456 e. The van der Waals surface area contributed by atoms with Gasteiger partial charge in [-0.1, -0.05) is 32.6 Å². The zero-order valence-electron chi connectivity index (χ0n) is 14.5. The van der Waals surface area contributed by atoms with Gasteiger partial charge in [0.1, 0.15) is 0 Å². The number of piperidine rings is 1. The molecule has 1 saturated heterocycles. The molecule has 3 aliphatic rings. The summed E-state index contributed by atoms with van der Waals surface area (Å²) in [7, 11) is 0. The first kappa shape index (κ1) is 16.8. The van der Waals surface area contributed by atoms with Crippen LogP contribution in [0.5, 0.6) is 0 Å². The Morgan fingerprint density at radius 3 is 2.48 bits per heavy atom. The molecule has 0 radical (unpaired) electrons. The van der Waals surface area contributed by atoms with Crippen molar-refractivity contribution in [2.45, 2.75) is 77.2 Å². The molecule has 2 aliphatic carbocycles. The van der Waals surface area contributed by atoms with Gasteiger partial charge in [0, 0.05) is 19.0 Å². The van der Waals surface area contributed by atoms with E-state index in [0.717, 1.165) is 32.2 Å². The zero-order chi connectivity index (χ0) is 16.2. The number of carbonyl (C=O) groups excluding carboxylic acids is 2. The number of carbonyl (C=O) groups is 2. The predicted molar refractivity (Wildman–Crippen MR) is 88.8 cm³/mol. The summed E-state index contributed by atoms with van der Waals surface area (Å²) in [6.45, 7) is 3.11. The van der Waals surface area contributed by atoms with E-state index < -0.39 is 0 Å². The molecule has 0 bridgehead atoms. The highest BCUT2D eigenvalue weighted by atomic mass is 16.5. The van der Waals surface area contributed by atoms with Crippen LogP contribution in [0.3, 0.4) is 0 Å². The molecule has 0 aromatic carbocycles. The second-order valence-corrected chi connectivity index (χ2v) is 7.88. The van der Waals surface area contributed by atoms with Gasteiger partial charge in [-0.25, -0.2) is 0 Å². The third-order valence-corrected chi connectivity index (χ3v) is 6.35. The van der Waals surface area contributed by atoms with Crippen LogP contribution >= 0.6 is 0 Å². The molecule has 4 heteroatoms. The lowest BCUT2D eigenvalue weighted by Crippen LogP contribution is -2.53. The molecule has 1 amide bonds. The highest BCUT2D eigenvalue weighted by molar-refractivity contribution is 5.81. The maximum atomic E-state index is 12.6. The monoisotopic (exact) mass is 321 g/mol. The van der Waals surface area contributed by atoms with Crippen LogP contribution in [0.2, 0.25) is 0 Å². The topological polar surface area (TPSA) is 46.6 Å². The van der Waals surface area contributed by atoms with Gasteiger partial charge in [-0.15, -0.1) is 0 Å². The fraction of sp³-hybridized carbons (Fsp3) is 0.895. The average molecular weight is 321 g/mol. The average Bonchev–Trinajstić information content (AvgIpc) is 3.06. The number of hydrogen-bond acceptors (Lipinski definition) is 3. The minimum absolute atomic E-state index is 0.0218. The Morgan fingerprint density at radius 1 is 1.00 bits per heavy atom. The smallest absolute Gasteiger partial charge is 0.306 e. The van der Waals surface area contributed by atoms with E-state index in [1.807, 2.05) is 4.90 Å². The van der Waals surface area contributed by atoms with E-state index >= 15 is 0 Å². The van der Waals surface area contributed by atoms with Crippen LogP contribution < -0.4 is 0 Å². The van der Waals surface area contributed by atoms with Gasteiger partial charge in [0.15, 0.2) is 6.61 Å². The SMILES string of the molecule is C[C@@H]1CCN(C(=O)COC(=O)CC2CCCC2)[C@H]2CCCC[C@@H]12. The van der Waals surface area contributed by atoms with Crippen molar-refractivity contribution in [3.05, 3.63) is 0 Å². The van der Waals surface area contributed by atoms with E-state index in [1.165, 1.54) is 32.1 Å². The molecule has 3 atom stereocenters. The molecule has 2 saturated carbocycles. The molecule has 0 unspecified atom stereocenters. The van der Waals surface area contributed by atoms with E-state index in [0.29, 0.717) is 30.2 Å². The molecule has 3 rings (SSSR count). The van der Waals surface area contributed by atoms with Gasteiger partial charge >= 0.3 is 5.97 Å². The van der Waals surface area contributed by atoms with Crippen molar-refractivity contribution < 1.29 is 14.3 Å². The maximum Gasteiger partial charge on any atom is 0.306 e. The predicted octanol–water partition coefficient (Wildman–Crippen LogP) is 3.54. The third-order valence-electron chi connectivity index (χ3n) is 6.35. The first-order valence-corrected chi connectivity index (χ1v) is 9.60. The van der Waals surface area contributed by atoms with Crippen LogP contribution in [0, 0.1) is 17.8 Å².